The number of aromatic nitrogens is 6. The maximum absolute atomic E-state index is 6.06. The molecular formula is C19H18N6O. The molecule has 1 fully saturated rings. The highest BCUT2D eigenvalue weighted by molar-refractivity contribution is 5.86. The second-order valence-corrected chi connectivity index (χ2v) is 6.29. The van der Waals surface area contributed by atoms with Crippen molar-refractivity contribution in [3.05, 3.63) is 54.6 Å². The fraction of sp³-hybridized carbons (Fsp3) is 0.211. The van der Waals surface area contributed by atoms with Crippen LogP contribution in [0.25, 0.3) is 34.2 Å². The number of nitrogens with zero attached hydrogens (tertiary/aromatic N) is 3. The van der Waals surface area contributed by atoms with E-state index < -0.39 is 0 Å². The fourth-order valence-electron chi connectivity index (χ4n) is 3.60. The summed E-state index contributed by atoms with van der Waals surface area (Å²) in [7, 11) is 0. The number of rotatable bonds is 4. The molecule has 0 spiro atoms. The highest BCUT2D eigenvalue weighted by atomic mass is 16.5. The molecular weight excluding hydrogens is 328 g/mol. The number of nitrogens with one attached hydrogen (secondary N) is 3. The number of H-pyrrole nitrogens is 3. The Kier molecular flexibility index (Phi) is 3.64. The van der Waals surface area contributed by atoms with E-state index in [1.807, 2.05) is 30.5 Å². The lowest BCUT2D eigenvalue weighted by Gasteiger charge is -2.13. The summed E-state index contributed by atoms with van der Waals surface area (Å²) in [4.78, 5) is 15.9. The lowest BCUT2D eigenvalue weighted by molar-refractivity contribution is 0.113. The predicted molar refractivity (Wildman–Crippen MR) is 97.1 cm³/mol. The van der Waals surface area contributed by atoms with Crippen molar-refractivity contribution in [2.24, 2.45) is 0 Å². The summed E-state index contributed by atoms with van der Waals surface area (Å²) in [6.45, 7) is 0.772. The third-order valence-electron chi connectivity index (χ3n) is 4.72. The summed E-state index contributed by atoms with van der Waals surface area (Å²) in [5.41, 5.74) is 5.79. The largest absolute Gasteiger partial charge is 0.373 e. The Labute approximate surface area is 149 Å². The zero-order valence-corrected chi connectivity index (χ0v) is 14.1. The summed E-state index contributed by atoms with van der Waals surface area (Å²) >= 11 is 0. The van der Waals surface area contributed by atoms with Gasteiger partial charge in [0.15, 0.2) is 0 Å². The van der Waals surface area contributed by atoms with E-state index in [1.54, 1.807) is 18.6 Å². The van der Waals surface area contributed by atoms with Gasteiger partial charge < -0.3 is 14.7 Å². The van der Waals surface area contributed by atoms with Gasteiger partial charge in [-0.2, -0.15) is 5.10 Å². The molecule has 26 heavy (non-hydrogen) atoms. The Morgan fingerprint density at radius 3 is 2.73 bits per heavy atom. The molecule has 5 rings (SSSR count). The highest BCUT2D eigenvalue weighted by Crippen LogP contribution is 2.45. The zero-order valence-electron chi connectivity index (χ0n) is 14.1. The molecule has 7 nitrogen and oxygen atoms in total. The third-order valence-corrected chi connectivity index (χ3v) is 4.72. The van der Waals surface area contributed by atoms with Crippen LogP contribution in [0.1, 0.15) is 24.5 Å². The van der Waals surface area contributed by atoms with Crippen molar-refractivity contribution in [2.75, 3.05) is 6.61 Å². The second-order valence-electron chi connectivity index (χ2n) is 6.29. The van der Waals surface area contributed by atoms with Gasteiger partial charge in [-0.3, -0.25) is 10.1 Å². The van der Waals surface area contributed by atoms with Crippen LogP contribution in [-0.4, -0.2) is 36.7 Å². The smallest absolute Gasteiger partial charge is 0.139 e. The maximum atomic E-state index is 6.06. The zero-order chi connectivity index (χ0) is 17.3. The van der Waals surface area contributed by atoms with Crippen molar-refractivity contribution in [2.45, 2.75) is 18.9 Å². The molecule has 0 bridgehead atoms. The minimum atomic E-state index is 0.0139. The van der Waals surface area contributed by atoms with Gasteiger partial charge in [-0.05, 0) is 31.0 Å². The molecule has 0 aliphatic carbocycles. The lowest BCUT2D eigenvalue weighted by Crippen LogP contribution is -2.00. The van der Waals surface area contributed by atoms with Crippen LogP contribution in [0.5, 0.6) is 0 Å². The first-order chi connectivity index (χ1) is 12.9. The molecule has 4 aromatic rings. The molecule has 4 aromatic heterocycles. The van der Waals surface area contributed by atoms with Crippen molar-refractivity contribution in [3.63, 3.8) is 0 Å². The van der Waals surface area contributed by atoms with E-state index in [0.717, 1.165) is 59.2 Å². The molecule has 3 N–H and O–H groups in total. The molecule has 1 aliphatic rings. The summed E-state index contributed by atoms with van der Waals surface area (Å²) in [6.07, 6.45) is 9.19. The quantitative estimate of drug-likeness (QED) is 0.525. The molecule has 5 heterocycles. The summed E-state index contributed by atoms with van der Waals surface area (Å²) in [6, 6.07) is 7.86. The predicted octanol–water partition coefficient (Wildman–Crippen LogP) is 3.71. The number of ether oxygens (including phenoxy) is 1. The highest BCUT2D eigenvalue weighted by Gasteiger charge is 2.31. The molecule has 0 saturated carbocycles. The number of pyridine rings is 1. The van der Waals surface area contributed by atoms with Crippen LogP contribution in [0.15, 0.2) is 49.1 Å². The Morgan fingerprint density at radius 2 is 2.04 bits per heavy atom. The van der Waals surface area contributed by atoms with Crippen LogP contribution in [0.3, 0.4) is 0 Å². The normalized spacial score (nSPS) is 17.0. The topological polar surface area (TPSA) is 95.3 Å². The Hall–Kier alpha value is -3.19. The standard InChI is InChI=1S/C19H18N6O/c1-2-7-20-12(4-1)17-15(14-5-3-11-26-14)16(19-21-9-10-22-19)18(24-17)13-6-8-23-25-13/h1-2,4,6-10,14,24H,3,5,11H2,(H,21,22)(H,23,25). The molecule has 130 valence electrons. The van der Waals surface area contributed by atoms with Gasteiger partial charge in [0, 0.05) is 37.0 Å². The van der Waals surface area contributed by atoms with Gasteiger partial charge in [0.2, 0.25) is 0 Å². The van der Waals surface area contributed by atoms with E-state index in [0.29, 0.717) is 0 Å². The fourth-order valence-corrected chi connectivity index (χ4v) is 3.60. The van der Waals surface area contributed by atoms with E-state index in [-0.39, 0.29) is 6.10 Å². The van der Waals surface area contributed by atoms with E-state index >= 15 is 0 Å². The number of hydrogen-bond donors (Lipinski definition) is 3. The first-order valence-corrected chi connectivity index (χ1v) is 8.70. The van der Waals surface area contributed by atoms with E-state index in [1.165, 1.54) is 0 Å². The SMILES string of the molecule is c1ccc(-c2[nH]c(-c3ccn[nH]3)c(-c3ncc[nH]3)c2C2CCCO2)nc1. The van der Waals surface area contributed by atoms with Crippen molar-refractivity contribution in [1.29, 1.82) is 0 Å². The van der Waals surface area contributed by atoms with Gasteiger partial charge in [-0.1, -0.05) is 6.07 Å². The van der Waals surface area contributed by atoms with Gasteiger partial charge in [-0.15, -0.1) is 0 Å². The first kappa shape index (κ1) is 15.1. The van der Waals surface area contributed by atoms with Crippen LogP contribution in [-0.2, 0) is 4.74 Å². The van der Waals surface area contributed by atoms with Gasteiger partial charge in [-0.25, -0.2) is 4.98 Å². The Morgan fingerprint density at radius 1 is 1.04 bits per heavy atom. The number of hydrogen-bond acceptors (Lipinski definition) is 4. The van der Waals surface area contributed by atoms with Gasteiger partial charge in [0.25, 0.3) is 0 Å². The van der Waals surface area contributed by atoms with Crippen LogP contribution in [0, 0.1) is 0 Å². The minimum Gasteiger partial charge on any atom is -0.373 e. The average Bonchev–Trinajstić information content (AvgIpc) is 3.49. The van der Waals surface area contributed by atoms with Gasteiger partial charge >= 0.3 is 0 Å². The van der Waals surface area contributed by atoms with Crippen LogP contribution in [0.2, 0.25) is 0 Å². The van der Waals surface area contributed by atoms with Gasteiger partial charge in [0.05, 0.1) is 34.4 Å². The summed E-state index contributed by atoms with van der Waals surface area (Å²) in [5.74, 6) is 0.804. The summed E-state index contributed by atoms with van der Waals surface area (Å²) in [5, 5.41) is 7.16. The van der Waals surface area contributed by atoms with E-state index in [2.05, 4.69) is 30.1 Å². The average molecular weight is 346 g/mol. The molecule has 1 saturated heterocycles. The minimum absolute atomic E-state index is 0.0139. The van der Waals surface area contributed by atoms with Crippen LogP contribution < -0.4 is 0 Å². The van der Waals surface area contributed by atoms with Crippen LogP contribution in [0.4, 0.5) is 0 Å². The molecule has 1 unspecified atom stereocenters. The monoisotopic (exact) mass is 346 g/mol. The Balaban J connectivity index is 1.81. The molecule has 1 aliphatic heterocycles. The maximum Gasteiger partial charge on any atom is 0.139 e. The lowest BCUT2D eigenvalue weighted by atomic mass is 9.98. The second kappa shape index (κ2) is 6.27. The number of aromatic amines is 3. The van der Waals surface area contributed by atoms with E-state index in [9.17, 15) is 0 Å². The van der Waals surface area contributed by atoms with Crippen molar-refractivity contribution >= 4 is 0 Å². The van der Waals surface area contributed by atoms with Crippen LogP contribution >= 0.6 is 0 Å². The molecule has 1 atom stereocenters. The first-order valence-electron chi connectivity index (χ1n) is 8.70. The van der Waals surface area contributed by atoms with Crippen molar-refractivity contribution in [1.82, 2.24) is 30.1 Å². The van der Waals surface area contributed by atoms with E-state index in [4.69, 9.17) is 4.74 Å². The molecule has 0 aromatic carbocycles. The Bertz CT molecular complexity index is 983. The number of imidazole rings is 1. The molecule has 0 radical (unpaired) electrons. The van der Waals surface area contributed by atoms with Gasteiger partial charge in [0.1, 0.15) is 5.82 Å². The van der Waals surface area contributed by atoms with Crippen molar-refractivity contribution < 1.29 is 4.74 Å². The summed E-state index contributed by atoms with van der Waals surface area (Å²) < 4.78 is 6.06. The molecule has 0 amide bonds. The van der Waals surface area contributed by atoms with Crippen molar-refractivity contribution in [3.8, 4) is 34.2 Å². The third kappa shape index (κ3) is 2.44. The molecule has 7 heteroatoms.